The van der Waals surface area contributed by atoms with Crippen LogP contribution >= 0.6 is 0 Å². The summed E-state index contributed by atoms with van der Waals surface area (Å²) in [6.07, 6.45) is 3.03. The van der Waals surface area contributed by atoms with Crippen molar-refractivity contribution in [2.45, 2.75) is 37.5 Å². The molecule has 0 saturated heterocycles. The number of aliphatic hydroxyl groups excluding tert-OH is 1. The summed E-state index contributed by atoms with van der Waals surface area (Å²) in [6.45, 7) is 2.57. The zero-order valence-electron chi connectivity index (χ0n) is 12.2. The lowest BCUT2D eigenvalue weighted by atomic mass is 10.1. The Hall–Kier alpha value is -1.11. The summed E-state index contributed by atoms with van der Waals surface area (Å²) in [6, 6.07) is 4.90. The second-order valence-electron chi connectivity index (χ2n) is 4.83. The summed E-state index contributed by atoms with van der Waals surface area (Å²) < 4.78 is 26.1. The van der Waals surface area contributed by atoms with Gasteiger partial charge in [-0.1, -0.05) is 13.0 Å². The van der Waals surface area contributed by atoms with Gasteiger partial charge in [0.25, 0.3) is 0 Å². The van der Waals surface area contributed by atoms with Crippen LogP contribution in [0.2, 0.25) is 0 Å². The standard InChI is InChI=1S/C14H24N2O3S/c1-3-12-7-8-13(11-14(12)15)20(18,19)16(2)9-5-4-6-10-17/h7-8,11,17H,3-6,9-10,15H2,1-2H3. The Morgan fingerprint density at radius 2 is 1.95 bits per heavy atom. The van der Waals surface area contributed by atoms with Crippen LogP contribution < -0.4 is 5.73 Å². The molecule has 0 fully saturated rings. The minimum absolute atomic E-state index is 0.144. The van der Waals surface area contributed by atoms with Gasteiger partial charge in [0, 0.05) is 25.9 Å². The third-order valence-electron chi connectivity index (χ3n) is 3.34. The van der Waals surface area contributed by atoms with Gasteiger partial charge < -0.3 is 10.8 Å². The lowest BCUT2D eigenvalue weighted by Gasteiger charge is -2.17. The summed E-state index contributed by atoms with van der Waals surface area (Å²) in [7, 11) is -1.92. The first-order valence-corrected chi connectivity index (χ1v) is 8.33. The van der Waals surface area contributed by atoms with Crippen LogP contribution in [0.15, 0.2) is 23.1 Å². The Kier molecular flexibility index (Phi) is 6.45. The molecule has 0 aliphatic rings. The molecule has 6 heteroatoms. The first-order chi connectivity index (χ1) is 9.43. The van der Waals surface area contributed by atoms with Crippen molar-refractivity contribution >= 4 is 15.7 Å². The fraction of sp³-hybridized carbons (Fsp3) is 0.571. The number of rotatable bonds is 8. The fourth-order valence-electron chi connectivity index (χ4n) is 1.98. The van der Waals surface area contributed by atoms with E-state index in [4.69, 9.17) is 10.8 Å². The SMILES string of the molecule is CCc1ccc(S(=O)(=O)N(C)CCCCCO)cc1N. The van der Waals surface area contributed by atoms with Gasteiger partial charge in [-0.25, -0.2) is 12.7 Å². The second-order valence-corrected chi connectivity index (χ2v) is 6.87. The third-order valence-corrected chi connectivity index (χ3v) is 5.19. The number of nitrogens with zero attached hydrogens (tertiary/aromatic N) is 1. The van der Waals surface area contributed by atoms with Crippen LogP contribution in [0.5, 0.6) is 0 Å². The molecule has 114 valence electrons. The van der Waals surface area contributed by atoms with Gasteiger partial charge >= 0.3 is 0 Å². The van der Waals surface area contributed by atoms with Gasteiger partial charge in [0.1, 0.15) is 0 Å². The van der Waals surface area contributed by atoms with E-state index in [2.05, 4.69) is 0 Å². The fourth-order valence-corrected chi connectivity index (χ4v) is 3.22. The van der Waals surface area contributed by atoms with Gasteiger partial charge in [-0.2, -0.15) is 0 Å². The Labute approximate surface area is 121 Å². The number of benzene rings is 1. The number of sulfonamides is 1. The Bertz CT molecular complexity index is 529. The van der Waals surface area contributed by atoms with Crippen LogP contribution in [-0.2, 0) is 16.4 Å². The quantitative estimate of drug-likeness (QED) is 0.564. The van der Waals surface area contributed by atoms with Gasteiger partial charge in [0.05, 0.1) is 4.90 Å². The highest BCUT2D eigenvalue weighted by atomic mass is 32.2. The molecule has 0 aliphatic heterocycles. The molecular weight excluding hydrogens is 276 g/mol. The van der Waals surface area contributed by atoms with E-state index in [0.29, 0.717) is 18.7 Å². The first kappa shape index (κ1) is 16.9. The van der Waals surface area contributed by atoms with Gasteiger partial charge in [-0.15, -0.1) is 0 Å². The van der Waals surface area contributed by atoms with E-state index in [1.54, 1.807) is 19.2 Å². The summed E-state index contributed by atoms with van der Waals surface area (Å²) in [5.41, 5.74) is 7.33. The molecule has 0 saturated carbocycles. The highest BCUT2D eigenvalue weighted by Gasteiger charge is 2.20. The van der Waals surface area contributed by atoms with Crippen molar-refractivity contribution in [2.24, 2.45) is 0 Å². The minimum Gasteiger partial charge on any atom is -0.398 e. The molecule has 5 nitrogen and oxygen atoms in total. The second kappa shape index (κ2) is 7.61. The van der Waals surface area contributed by atoms with E-state index in [9.17, 15) is 8.42 Å². The smallest absolute Gasteiger partial charge is 0.242 e. The maximum absolute atomic E-state index is 12.4. The number of nitrogens with two attached hydrogens (primary N) is 1. The molecule has 0 aromatic heterocycles. The van der Waals surface area contributed by atoms with Crippen LogP contribution in [0.25, 0.3) is 0 Å². The molecule has 0 radical (unpaired) electrons. The normalized spacial score (nSPS) is 12.0. The average Bonchev–Trinajstić information content (AvgIpc) is 2.43. The number of nitrogen functional groups attached to an aromatic ring is 1. The third kappa shape index (κ3) is 4.19. The number of hydrogen-bond donors (Lipinski definition) is 2. The molecule has 1 aromatic carbocycles. The lowest BCUT2D eigenvalue weighted by molar-refractivity contribution is 0.281. The molecular formula is C14H24N2O3S. The van der Waals surface area contributed by atoms with Gasteiger partial charge in [-0.05, 0) is 43.4 Å². The van der Waals surface area contributed by atoms with Crippen molar-refractivity contribution in [3.63, 3.8) is 0 Å². The number of anilines is 1. The largest absolute Gasteiger partial charge is 0.398 e. The zero-order chi connectivity index (χ0) is 15.2. The van der Waals surface area contributed by atoms with Crippen LogP contribution in [0, 0.1) is 0 Å². The Morgan fingerprint density at radius 1 is 1.25 bits per heavy atom. The maximum atomic E-state index is 12.4. The van der Waals surface area contributed by atoms with Crippen molar-refractivity contribution in [3.05, 3.63) is 23.8 Å². The topological polar surface area (TPSA) is 83.6 Å². The van der Waals surface area contributed by atoms with E-state index in [0.717, 1.165) is 24.8 Å². The van der Waals surface area contributed by atoms with Crippen molar-refractivity contribution in [3.8, 4) is 0 Å². The van der Waals surface area contributed by atoms with Gasteiger partial charge in [0.2, 0.25) is 10.0 Å². The van der Waals surface area contributed by atoms with Crippen molar-refractivity contribution < 1.29 is 13.5 Å². The molecule has 20 heavy (non-hydrogen) atoms. The minimum atomic E-state index is -3.48. The number of aryl methyl sites for hydroxylation is 1. The molecule has 0 heterocycles. The molecule has 0 spiro atoms. The Morgan fingerprint density at radius 3 is 2.50 bits per heavy atom. The summed E-state index contributed by atoms with van der Waals surface area (Å²) in [5.74, 6) is 0. The first-order valence-electron chi connectivity index (χ1n) is 6.89. The zero-order valence-corrected chi connectivity index (χ0v) is 13.0. The summed E-state index contributed by atoms with van der Waals surface area (Å²) in [5, 5.41) is 8.70. The summed E-state index contributed by atoms with van der Waals surface area (Å²) in [4.78, 5) is 0.233. The van der Waals surface area contributed by atoms with Crippen molar-refractivity contribution in [2.75, 3.05) is 25.9 Å². The van der Waals surface area contributed by atoms with E-state index >= 15 is 0 Å². The molecule has 0 atom stereocenters. The molecule has 3 N–H and O–H groups in total. The van der Waals surface area contributed by atoms with E-state index in [1.807, 2.05) is 6.92 Å². The Balaban J connectivity index is 2.79. The molecule has 0 unspecified atom stereocenters. The monoisotopic (exact) mass is 300 g/mol. The van der Waals surface area contributed by atoms with Crippen molar-refractivity contribution in [1.82, 2.24) is 4.31 Å². The molecule has 0 aliphatic carbocycles. The average molecular weight is 300 g/mol. The van der Waals surface area contributed by atoms with Crippen molar-refractivity contribution in [1.29, 1.82) is 0 Å². The molecule has 0 bridgehead atoms. The van der Waals surface area contributed by atoms with Crippen LogP contribution in [-0.4, -0.2) is 38.0 Å². The highest BCUT2D eigenvalue weighted by Crippen LogP contribution is 2.21. The van der Waals surface area contributed by atoms with E-state index in [-0.39, 0.29) is 11.5 Å². The van der Waals surface area contributed by atoms with Gasteiger partial charge in [0.15, 0.2) is 0 Å². The molecule has 0 amide bonds. The predicted molar refractivity (Wildman–Crippen MR) is 81.0 cm³/mol. The molecule has 1 rings (SSSR count). The van der Waals surface area contributed by atoms with Crippen LogP contribution in [0.4, 0.5) is 5.69 Å². The van der Waals surface area contributed by atoms with Crippen LogP contribution in [0.1, 0.15) is 31.7 Å². The predicted octanol–water partition coefficient (Wildman–Crippen LogP) is 1.61. The number of unbranched alkanes of at least 4 members (excludes halogenated alkanes) is 2. The van der Waals surface area contributed by atoms with E-state index < -0.39 is 10.0 Å². The lowest BCUT2D eigenvalue weighted by Crippen LogP contribution is -2.28. The number of hydrogen-bond acceptors (Lipinski definition) is 4. The number of aliphatic hydroxyl groups is 1. The maximum Gasteiger partial charge on any atom is 0.242 e. The highest BCUT2D eigenvalue weighted by molar-refractivity contribution is 7.89. The van der Waals surface area contributed by atoms with E-state index in [1.165, 1.54) is 10.4 Å². The molecule has 1 aromatic rings. The van der Waals surface area contributed by atoms with Crippen LogP contribution in [0.3, 0.4) is 0 Å². The summed E-state index contributed by atoms with van der Waals surface area (Å²) >= 11 is 0. The van der Waals surface area contributed by atoms with Gasteiger partial charge in [-0.3, -0.25) is 0 Å².